The van der Waals surface area contributed by atoms with Gasteiger partial charge in [0.25, 0.3) is 0 Å². The van der Waals surface area contributed by atoms with Crippen LogP contribution < -0.4 is 4.90 Å². The van der Waals surface area contributed by atoms with Crippen molar-refractivity contribution in [2.45, 2.75) is 12.8 Å². The summed E-state index contributed by atoms with van der Waals surface area (Å²) >= 11 is 0. The van der Waals surface area contributed by atoms with Crippen molar-refractivity contribution in [3.8, 4) is 17.3 Å². The van der Waals surface area contributed by atoms with Gasteiger partial charge in [0.2, 0.25) is 5.91 Å². The van der Waals surface area contributed by atoms with E-state index in [1.165, 1.54) is 5.56 Å². The van der Waals surface area contributed by atoms with Crippen molar-refractivity contribution in [3.63, 3.8) is 0 Å². The van der Waals surface area contributed by atoms with Crippen LogP contribution in [0.15, 0.2) is 48.5 Å². The van der Waals surface area contributed by atoms with E-state index in [2.05, 4.69) is 36.5 Å². The molecule has 1 amide bonds. The van der Waals surface area contributed by atoms with Gasteiger partial charge in [-0.1, -0.05) is 42.5 Å². The summed E-state index contributed by atoms with van der Waals surface area (Å²) in [6, 6.07) is 16.6. The molecule has 4 nitrogen and oxygen atoms in total. The molecule has 0 saturated carbocycles. The molecule has 0 aliphatic carbocycles. The Morgan fingerprint density at radius 1 is 1.08 bits per heavy atom. The normalized spacial score (nSPS) is 19.2. The maximum absolute atomic E-state index is 12.9. The second-order valence-corrected chi connectivity index (χ2v) is 6.48. The van der Waals surface area contributed by atoms with Crippen molar-refractivity contribution in [1.29, 1.82) is 5.26 Å². The summed E-state index contributed by atoms with van der Waals surface area (Å²) in [5, 5.41) is 9.00. The lowest BCUT2D eigenvalue weighted by molar-refractivity contribution is -0.121. The van der Waals surface area contributed by atoms with Crippen LogP contribution in [0.3, 0.4) is 0 Å². The summed E-state index contributed by atoms with van der Waals surface area (Å²) in [7, 11) is 0. The molecule has 1 fully saturated rings. The first kappa shape index (κ1) is 14.8. The highest BCUT2D eigenvalue weighted by molar-refractivity contribution is 5.98. The molecule has 1 saturated heterocycles. The molecule has 24 heavy (non-hydrogen) atoms. The highest BCUT2D eigenvalue weighted by Crippen LogP contribution is 2.34. The van der Waals surface area contributed by atoms with Crippen LogP contribution in [-0.2, 0) is 11.2 Å². The summed E-state index contributed by atoms with van der Waals surface area (Å²) in [6.07, 6.45) is 3.83. The third-order valence-corrected chi connectivity index (χ3v) is 5.03. The highest BCUT2D eigenvalue weighted by atomic mass is 16.2. The number of benzene rings is 2. The van der Waals surface area contributed by atoms with Gasteiger partial charge in [0, 0.05) is 25.3 Å². The minimum atomic E-state index is -0.0593. The topological polar surface area (TPSA) is 47.3 Å². The van der Waals surface area contributed by atoms with Gasteiger partial charge >= 0.3 is 0 Å². The van der Waals surface area contributed by atoms with E-state index in [-0.39, 0.29) is 11.8 Å². The Kier molecular flexibility index (Phi) is 3.70. The van der Waals surface area contributed by atoms with Gasteiger partial charge in [-0.2, -0.15) is 5.26 Å². The van der Waals surface area contributed by atoms with Gasteiger partial charge in [0.05, 0.1) is 5.92 Å². The average molecular weight is 317 g/mol. The Morgan fingerprint density at radius 3 is 2.67 bits per heavy atom. The number of hydrogen-bond acceptors (Lipinski definition) is 3. The average Bonchev–Trinajstić information content (AvgIpc) is 3.28. The maximum Gasteiger partial charge on any atom is 0.231 e. The number of rotatable bonds is 2. The van der Waals surface area contributed by atoms with E-state index in [1.54, 1.807) is 4.90 Å². The fourth-order valence-electron chi connectivity index (χ4n) is 3.69. The highest BCUT2D eigenvalue weighted by Gasteiger charge is 2.34. The lowest BCUT2D eigenvalue weighted by Crippen LogP contribution is -2.35. The van der Waals surface area contributed by atoms with Crippen LogP contribution in [0.4, 0.5) is 5.69 Å². The standard InChI is InChI=1S/C20H19N3O/c21-14-22-10-8-18(13-22)20(24)23-11-9-16-6-7-17(12-19(16)23)15-4-2-1-3-5-15/h1-7,12,18H,8-11,13H2. The predicted molar refractivity (Wildman–Crippen MR) is 93.2 cm³/mol. The van der Waals surface area contributed by atoms with Crippen LogP contribution in [0.5, 0.6) is 0 Å². The summed E-state index contributed by atoms with van der Waals surface area (Å²) in [5.74, 6) is 0.104. The largest absolute Gasteiger partial charge is 0.311 e. The van der Waals surface area contributed by atoms with E-state index < -0.39 is 0 Å². The van der Waals surface area contributed by atoms with Gasteiger partial charge in [0.1, 0.15) is 0 Å². The number of carbonyl (C=O) groups is 1. The van der Waals surface area contributed by atoms with E-state index in [0.717, 1.165) is 36.2 Å². The van der Waals surface area contributed by atoms with Crippen LogP contribution in [0, 0.1) is 17.4 Å². The molecule has 0 N–H and O–H groups in total. The zero-order valence-corrected chi connectivity index (χ0v) is 13.5. The summed E-state index contributed by atoms with van der Waals surface area (Å²) in [4.78, 5) is 16.5. The molecule has 1 unspecified atom stereocenters. The Bertz CT molecular complexity index is 809. The minimum absolute atomic E-state index is 0.0593. The summed E-state index contributed by atoms with van der Waals surface area (Å²) in [5.41, 5.74) is 4.57. The maximum atomic E-state index is 12.9. The van der Waals surface area contributed by atoms with Crippen molar-refractivity contribution < 1.29 is 4.79 Å². The predicted octanol–water partition coefficient (Wildman–Crippen LogP) is 3.05. The van der Waals surface area contributed by atoms with Crippen molar-refractivity contribution >= 4 is 11.6 Å². The number of hydrogen-bond donors (Lipinski definition) is 0. The first-order valence-electron chi connectivity index (χ1n) is 8.40. The number of amides is 1. The fourth-order valence-corrected chi connectivity index (χ4v) is 3.69. The van der Waals surface area contributed by atoms with Crippen LogP contribution in [0.2, 0.25) is 0 Å². The molecule has 2 heterocycles. The van der Waals surface area contributed by atoms with Crippen molar-refractivity contribution in [2.24, 2.45) is 5.92 Å². The Morgan fingerprint density at radius 2 is 1.92 bits per heavy atom. The molecule has 4 rings (SSSR count). The zero-order valence-electron chi connectivity index (χ0n) is 13.5. The van der Waals surface area contributed by atoms with E-state index in [1.807, 2.05) is 23.1 Å². The second-order valence-electron chi connectivity index (χ2n) is 6.48. The van der Waals surface area contributed by atoms with Gasteiger partial charge in [-0.05, 0) is 35.6 Å². The lowest BCUT2D eigenvalue weighted by Gasteiger charge is -2.21. The second kappa shape index (κ2) is 6.01. The van der Waals surface area contributed by atoms with Crippen molar-refractivity contribution in [3.05, 3.63) is 54.1 Å². The smallest absolute Gasteiger partial charge is 0.231 e. The molecule has 0 bridgehead atoms. The van der Waals surface area contributed by atoms with Gasteiger partial charge in [0.15, 0.2) is 6.19 Å². The SMILES string of the molecule is N#CN1CCC(C(=O)N2CCc3ccc(-c4ccccc4)cc32)C1. The van der Waals surface area contributed by atoms with Gasteiger partial charge in [-0.15, -0.1) is 0 Å². The van der Waals surface area contributed by atoms with Crippen LogP contribution >= 0.6 is 0 Å². The monoisotopic (exact) mass is 317 g/mol. The number of carbonyl (C=O) groups excluding carboxylic acids is 1. The number of anilines is 1. The molecular formula is C20H19N3O. The minimum Gasteiger partial charge on any atom is -0.311 e. The van der Waals surface area contributed by atoms with Gasteiger partial charge in [-0.25, -0.2) is 0 Å². The number of nitrogens with zero attached hydrogens (tertiary/aromatic N) is 3. The molecular weight excluding hydrogens is 298 g/mol. The Labute approximate surface area is 141 Å². The van der Waals surface area contributed by atoms with E-state index in [0.29, 0.717) is 13.1 Å². The molecule has 120 valence electrons. The molecule has 2 aromatic rings. The van der Waals surface area contributed by atoms with E-state index in [9.17, 15) is 4.79 Å². The number of nitriles is 1. The molecule has 0 radical (unpaired) electrons. The summed E-state index contributed by atoms with van der Waals surface area (Å²) in [6.45, 7) is 1.99. The van der Waals surface area contributed by atoms with Crippen molar-refractivity contribution in [1.82, 2.24) is 4.90 Å². The zero-order chi connectivity index (χ0) is 16.5. The third-order valence-electron chi connectivity index (χ3n) is 5.03. The van der Waals surface area contributed by atoms with E-state index >= 15 is 0 Å². The number of fused-ring (bicyclic) bond motifs is 1. The molecule has 1 atom stereocenters. The Balaban J connectivity index is 1.61. The molecule has 2 aliphatic rings. The lowest BCUT2D eigenvalue weighted by atomic mass is 10.0. The molecule has 2 aliphatic heterocycles. The van der Waals surface area contributed by atoms with Gasteiger partial charge in [-0.3, -0.25) is 4.79 Å². The first-order chi connectivity index (χ1) is 11.8. The van der Waals surface area contributed by atoms with Crippen LogP contribution in [0.1, 0.15) is 12.0 Å². The number of likely N-dealkylation sites (tertiary alicyclic amines) is 1. The van der Waals surface area contributed by atoms with Crippen molar-refractivity contribution in [2.75, 3.05) is 24.5 Å². The molecule has 4 heteroatoms. The molecule has 2 aromatic carbocycles. The van der Waals surface area contributed by atoms with E-state index in [4.69, 9.17) is 5.26 Å². The summed E-state index contributed by atoms with van der Waals surface area (Å²) < 4.78 is 0. The van der Waals surface area contributed by atoms with Crippen LogP contribution in [0.25, 0.3) is 11.1 Å². The Hall–Kier alpha value is -2.80. The quantitative estimate of drug-likeness (QED) is 0.800. The molecule has 0 aromatic heterocycles. The fraction of sp³-hybridized carbons (Fsp3) is 0.300. The van der Waals surface area contributed by atoms with Crippen LogP contribution in [-0.4, -0.2) is 30.4 Å². The third kappa shape index (κ3) is 2.52. The van der Waals surface area contributed by atoms with Gasteiger partial charge < -0.3 is 9.80 Å². The first-order valence-corrected chi connectivity index (χ1v) is 8.40. The molecule has 0 spiro atoms.